The first-order chi connectivity index (χ1) is 6.64. The van der Waals surface area contributed by atoms with E-state index in [4.69, 9.17) is 9.47 Å². The van der Waals surface area contributed by atoms with E-state index in [1.54, 1.807) is 0 Å². The lowest BCUT2D eigenvalue weighted by molar-refractivity contribution is -0.125. The molecule has 5 nitrogen and oxygen atoms in total. The topological polar surface area (TPSA) is 57.4 Å². The van der Waals surface area contributed by atoms with Crippen LogP contribution >= 0.6 is 0 Å². The van der Waals surface area contributed by atoms with Crippen LogP contribution in [0.4, 0.5) is 0 Å². The van der Waals surface area contributed by atoms with Crippen LogP contribution in [0.1, 0.15) is 26.6 Å². The summed E-state index contributed by atoms with van der Waals surface area (Å²) in [5.74, 6) is 0.458. The molecule has 0 aliphatic carbocycles. The lowest BCUT2D eigenvalue weighted by Crippen LogP contribution is -2.18. The van der Waals surface area contributed by atoms with Gasteiger partial charge in [-0.1, -0.05) is 12.1 Å². The highest BCUT2D eigenvalue weighted by atomic mass is 16.7. The van der Waals surface area contributed by atoms with E-state index in [2.05, 4.69) is 14.7 Å². The van der Waals surface area contributed by atoms with E-state index in [9.17, 15) is 0 Å². The monoisotopic (exact) mass is 200 g/mol. The van der Waals surface area contributed by atoms with Crippen molar-refractivity contribution in [3.8, 4) is 0 Å². The maximum Gasteiger partial charge on any atom is 0.213 e. The van der Waals surface area contributed by atoms with Crippen molar-refractivity contribution >= 4 is 0 Å². The smallest absolute Gasteiger partial charge is 0.213 e. The molecule has 14 heavy (non-hydrogen) atoms. The minimum atomic E-state index is -0.306. The number of aromatic nitrogens is 2. The lowest BCUT2D eigenvalue weighted by atomic mass is 10.4. The minimum Gasteiger partial charge on any atom is -0.348 e. The summed E-state index contributed by atoms with van der Waals surface area (Å²) >= 11 is 0. The molecular weight excluding hydrogens is 184 g/mol. The molecule has 0 amide bonds. The molecule has 2 rings (SSSR count). The van der Waals surface area contributed by atoms with Gasteiger partial charge < -0.3 is 14.0 Å². The van der Waals surface area contributed by atoms with Crippen LogP contribution < -0.4 is 0 Å². The van der Waals surface area contributed by atoms with E-state index in [0.717, 1.165) is 25.5 Å². The molecule has 1 aliphatic heterocycles. The van der Waals surface area contributed by atoms with Gasteiger partial charge in [0.15, 0.2) is 11.6 Å². The number of hydrogen-bond acceptors (Lipinski definition) is 5. The highest BCUT2D eigenvalue weighted by Gasteiger charge is 2.23. The molecule has 1 fully saturated rings. The van der Waals surface area contributed by atoms with Crippen LogP contribution in [0.5, 0.6) is 0 Å². The largest absolute Gasteiger partial charge is 0.348 e. The second-order valence-corrected chi connectivity index (χ2v) is 3.30. The Labute approximate surface area is 83.4 Å². The fraction of sp³-hybridized carbons (Fsp3) is 0.778. The van der Waals surface area contributed by atoms with E-state index in [0.29, 0.717) is 0 Å². The molecule has 1 saturated heterocycles. The Bertz CT molecular complexity index is 239. The van der Waals surface area contributed by atoms with Crippen LogP contribution in [0.2, 0.25) is 0 Å². The Morgan fingerprint density at radius 2 is 2.00 bits per heavy atom. The van der Waals surface area contributed by atoms with E-state index in [1.807, 2.05) is 20.8 Å². The number of aryl methyl sites for hydroxylation is 1. The Morgan fingerprint density at radius 1 is 1.36 bits per heavy atom. The zero-order valence-electron chi connectivity index (χ0n) is 8.82. The normalized spacial score (nSPS) is 18.8. The molecule has 5 heteroatoms. The van der Waals surface area contributed by atoms with Gasteiger partial charge in [-0.25, -0.2) is 0 Å². The third-order valence-corrected chi connectivity index (χ3v) is 1.71. The van der Waals surface area contributed by atoms with E-state index in [-0.39, 0.29) is 5.79 Å². The van der Waals surface area contributed by atoms with Crippen LogP contribution in [0, 0.1) is 0 Å². The second-order valence-electron chi connectivity index (χ2n) is 3.30. The van der Waals surface area contributed by atoms with Crippen LogP contribution in [-0.4, -0.2) is 29.1 Å². The maximum atomic E-state index is 5.12. The van der Waals surface area contributed by atoms with E-state index < -0.39 is 0 Å². The summed E-state index contributed by atoms with van der Waals surface area (Å²) in [6.07, 6.45) is 2.18. The van der Waals surface area contributed by atoms with Gasteiger partial charge in [-0.15, -0.1) is 0 Å². The van der Waals surface area contributed by atoms with Crippen molar-refractivity contribution in [1.29, 1.82) is 0 Å². The average molecular weight is 200 g/mol. The molecule has 0 radical (unpaired) electrons. The summed E-state index contributed by atoms with van der Waals surface area (Å²) in [5, 5.41) is 3.55. The predicted molar refractivity (Wildman–Crippen MR) is 49.7 cm³/mol. The molecule has 0 atom stereocenters. The zero-order chi connectivity index (χ0) is 10.4. The van der Waals surface area contributed by atoms with Gasteiger partial charge in [0.05, 0.1) is 13.2 Å². The first-order valence-corrected chi connectivity index (χ1v) is 4.67. The molecule has 0 spiro atoms. The molecule has 0 N–H and O–H groups in total. The van der Waals surface area contributed by atoms with Gasteiger partial charge in [0.1, 0.15) is 0 Å². The quantitative estimate of drug-likeness (QED) is 0.685. The molecule has 1 aromatic heterocycles. The molecule has 80 valence electrons. The molecule has 2 heterocycles. The van der Waals surface area contributed by atoms with Crippen molar-refractivity contribution in [3.63, 3.8) is 0 Å². The van der Waals surface area contributed by atoms with Gasteiger partial charge in [0, 0.05) is 6.42 Å². The van der Waals surface area contributed by atoms with Gasteiger partial charge >= 0.3 is 0 Å². The molecule has 0 saturated carbocycles. The van der Waals surface area contributed by atoms with Crippen molar-refractivity contribution in [3.05, 3.63) is 12.2 Å². The second kappa shape index (κ2) is 5.07. The minimum absolute atomic E-state index is 0.306. The summed E-state index contributed by atoms with van der Waals surface area (Å²) in [7, 11) is 0. The standard InChI is InChI=1S/C5H10O2.C4H6N2O/c1-5(2)6-3-4-7-5;1-2-4-5-3-7-6-4/h3-4H2,1-2H3;3H,2H2,1H3. The molecule has 0 unspecified atom stereocenters. The fourth-order valence-electron chi connectivity index (χ4n) is 0.965. The predicted octanol–water partition coefficient (Wildman–Crippen LogP) is 1.40. The Kier molecular flexibility index (Phi) is 4.03. The van der Waals surface area contributed by atoms with Gasteiger partial charge in [-0.3, -0.25) is 0 Å². The summed E-state index contributed by atoms with van der Waals surface area (Å²) in [6.45, 7) is 7.30. The van der Waals surface area contributed by atoms with Crippen molar-refractivity contribution in [1.82, 2.24) is 10.1 Å². The van der Waals surface area contributed by atoms with Crippen LogP contribution in [-0.2, 0) is 15.9 Å². The molecular formula is C9H16N2O3. The number of rotatable bonds is 1. The van der Waals surface area contributed by atoms with Gasteiger partial charge in [0.25, 0.3) is 0 Å². The van der Waals surface area contributed by atoms with Crippen molar-refractivity contribution in [2.24, 2.45) is 0 Å². The van der Waals surface area contributed by atoms with Gasteiger partial charge in [-0.05, 0) is 13.8 Å². The van der Waals surface area contributed by atoms with Crippen LogP contribution in [0.25, 0.3) is 0 Å². The Balaban J connectivity index is 0.000000140. The van der Waals surface area contributed by atoms with E-state index in [1.165, 1.54) is 6.39 Å². The highest BCUT2D eigenvalue weighted by molar-refractivity contribution is 4.73. The summed E-state index contributed by atoms with van der Waals surface area (Å²) in [6, 6.07) is 0. The Morgan fingerprint density at radius 3 is 2.21 bits per heavy atom. The maximum absolute atomic E-state index is 5.12. The summed E-state index contributed by atoms with van der Waals surface area (Å²) in [5.41, 5.74) is 0. The third kappa shape index (κ3) is 3.85. The molecule has 1 aromatic rings. The summed E-state index contributed by atoms with van der Waals surface area (Å²) in [4.78, 5) is 3.76. The number of ether oxygens (including phenoxy) is 2. The molecule has 0 bridgehead atoms. The third-order valence-electron chi connectivity index (χ3n) is 1.71. The van der Waals surface area contributed by atoms with E-state index >= 15 is 0 Å². The van der Waals surface area contributed by atoms with Gasteiger partial charge in [0.2, 0.25) is 6.39 Å². The van der Waals surface area contributed by atoms with Gasteiger partial charge in [-0.2, -0.15) is 4.98 Å². The van der Waals surface area contributed by atoms with Crippen molar-refractivity contribution in [2.45, 2.75) is 33.0 Å². The molecule has 1 aliphatic rings. The first-order valence-electron chi connectivity index (χ1n) is 4.67. The van der Waals surface area contributed by atoms with Crippen molar-refractivity contribution in [2.75, 3.05) is 13.2 Å². The van der Waals surface area contributed by atoms with Crippen LogP contribution in [0.15, 0.2) is 10.9 Å². The number of nitrogens with zero attached hydrogens (tertiary/aromatic N) is 2. The Hall–Kier alpha value is -0.940. The molecule has 0 aromatic carbocycles. The fourth-order valence-corrected chi connectivity index (χ4v) is 0.965. The average Bonchev–Trinajstić information content (AvgIpc) is 2.76. The zero-order valence-corrected chi connectivity index (χ0v) is 8.82. The van der Waals surface area contributed by atoms with Crippen LogP contribution in [0.3, 0.4) is 0 Å². The first kappa shape index (κ1) is 11.1. The summed E-state index contributed by atoms with van der Waals surface area (Å²) < 4.78 is 14.7. The number of hydrogen-bond donors (Lipinski definition) is 0. The lowest BCUT2D eigenvalue weighted by Gasteiger charge is -2.13. The highest BCUT2D eigenvalue weighted by Crippen LogP contribution is 2.15. The van der Waals surface area contributed by atoms with Crippen molar-refractivity contribution < 1.29 is 14.0 Å². The SMILES string of the molecule is CC1(C)OCCO1.CCc1ncon1.